The Labute approximate surface area is 308 Å². The summed E-state index contributed by atoms with van der Waals surface area (Å²) in [4.78, 5) is 24.5. The minimum Gasteiger partial charge on any atom is -0.463 e. The van der Waals surface area contributed by atoms with Crippen LogP contribution in [0, 0.1) is 82.9 Å². The molecular formula is C43H70O8. The van der Waals surface area contributed by atoms with Gasteiger partial charge in [-0.1, -0.05) is 53.4 Å². The third kappa shape index (κ3) is 7.96. The van der Waals surface area contributed by atoms with Crippen LogP contribution in [0.3, 0.4) is 0 Å². The fourth-order valence-electron chi connectivity index (χ4n) is 14.0. The molecule has 0 spiro atoms. The van der Waals surface area contributed by atoms with E-state index in [9.17, 15) is 9.59 Å². The van der Waals surface area contributed by atoms with E-state index in [2.05, 4.69) is 27.7 Å². The second-order valence-electron chi connectivity index (χ2n) is 18.6. The van der Waals surface area contributed by atoms with Crippen LogP contribution >= 0.6 is 0 Å². The average Bonchev–Trinajstić information content (AvgIpc) is 3.97. The van der Waals surface area contributed by atoms with Crippen molar-refractivity contribution >= 4 is 11.9 Å². The van der Waals surface area contributed by atoms with Gasteiger partial charge in [0.05, 0.1) is 13.2 Å². The van der Waals surface area contributed by atoms with Crippen molar-refractivity contribution in [2.75, 3.05) is 33.2 Å². The molecule has 16 atom stereocenters. The molecule has 8 fully saturated rings. The lowest BCUT2D eigenvalue weighted by Gasteiger charge is -2.35. The Kier molecular flexibility index (Phi) is 12.1. The summed E-state index contributed by atoms with van der Waals surface area (Å²) in [6.07, 6.45) is 15.7. The number of ether oxygens (including phenoxy) is 6. The van der Waals surface area contributed by atoms with Crippen molar-refractivity contribution in [3.05, 3.63) is 0 Å². The Bertz CT molecular complexity index is 1180. The van der Waals surface area contributed by atoms with Gasteiger partial charge in [0.15, 0.2) is 5.79 Å². The van der Waals surface area contributed by atoms with E-state index in [1.54, 1.807) is 0 Å². The molecular weight excluding hydrogens is 644 g/mol. The molecule has 2 saturated heterocycles. The van der Waals surface area contributed by atoms with Gasteiger partial charge < -0.3 is 28.4 Å². The van der Waals surface area contributed by atoms with E-state index in [-0.39, 0.29) is 24.1 Å². The molecule has 6 aliphatic carbocycles. The zero-order valence-electron chi connectivity index (χ0n) is 32.7. The highest BCUT2D eigenvalue weighted by Gasteiger charge is 2.60. The largest absolute Gasteiger partial charge is 0.463 e. The van der Waals surface area contributed by atoms with Crippen LogP contribution in [0.4, 0.5) is 0 Å². The van der Waals surface area contributed by atoms with Crippen molar-refractivity contribution in [3.8, 4) is 0 Å². The smallest absolute Gasteiger partial charge is 0.306 e. The van der Waals surface area contributed by atoms with Gasteiger partial charge in [-0.3, -0.25) is 9.59 Å². The van der Waals surface area contributed by atoms with Crippen LogP contribution in [0.15, 0.2) is 0 Å². The van der Waals surface area contributed by atoms with Crippen LogP contribution in [-0.4, -0.2) is 63.2 Å². The van der Waals surface area contributed by atoms with E-state index in [1.807, 2.05) is 13.8 Å². The molecule has 6 saturated carbocycles. The first-order chi connectivity index (χ1) is 24.6. The standard InChI is InChI=1S/C22H36O4.C21H34O4/c1-5-13-7-14(6-2)21-18-9-16(20(13)21)8-15(18)10-19(23)24-11-17-12-25-22(3,4)26-17;1-3-13-7-14(4-2)21-18-9-16(20(13)21)8-15(18)5-6-19(22)24-11-17-10-23-12-25-17/h13-18,20-21H,5-12H2,1-4H3;13-18,20-21H,3-12H2,1-2H3. The zero-order valence-corrected chi connectivity index (χ0v) is 32.7. The fourth-order valence-corrected chi connectivity index (χ4v) is 14.0. The van der Waals surface area contributed by atoms with Crippen molar-refractivity contribution in [3.63, 3.8) is 0 Å². The molecule has 290 valence electrons. The number of carbonyl (C=O) groups excluding carboxylic acids is 2. The molecule has 0 amide bonds. The lowest BCUT2D eigenvalue weighted by molar-refractivity contribution is -0.159. The third-order valence-electron chi connectivity index (χ3n) is 15.8. The highest BCUT2D eigenvalue weighted by molar-refractivity contribution is 5.70. The SMILES string of the molecule is CCC1CC(CC)C2C3CC(CC3CC(=O)OCC3COC(C)(C)O3)C12.CCC1CC(CC)C2C3CC(CC3CCC(=O)OCC3COCO3)C12. The molecule has 0 aromatic rings. The molecule has 8 heteroatoms. The minimum atomic E-state index is -0.551. The molecule has 8 aliphatic rings. The lowest BCUT2D eigenvalue weighted by atomic mass is 9.69. The van der Waals surface area contributed by atoms with Crippen molar-refractivity contribution in [2.24, 2.45) is 82.9 Å². The van der Waals surface area contributed by atoms with Crippen molar-refractivity contribution < 1.29 is 38.0 Å². The summed E-state index contributed by atoms with van der Waals surface area (Å²) in [6.45, 7) is 15.3. The van der Waals surface area contributed by atoms with E-state index in [0.717, 1.165) is 83.4 Å². The first-order valence-corrected chi connectivity index (χ1v) is 21.4. The quantitative estimate of drug-likeness (QED) is 0.176. The predicted molar refractivity (Wildman–Crippen MR) is 194 cm³/mol. The molecule has 16 unspecified atom stereocenters. The summed E-state index contributed by atoms with van der Waals surface area (Å²) in [5.74, 6) is 11.7. The maximum absolute atomic E-state index is 12.4. The van der Waals surface area contributed by atoms with Gasteiger partial charge in [-0.25, -0.2) is 0 Å². The van der Waals surface area contributed by atoms with Gasteiger partial charge in [0.1, 0.15) is 32.2 Å². The monoisotopic (exact) mass is 715 g/mol. The van der Waals surface area contributed by atoms with E-state index in [4.69, 9.17) is 28.4 Å². The third-order valence-corrected chi connectivity index (χ3v) is 15.8. The van der Waals surface area contributed by atoms with Crippen molar-refractivity contribution in [1.29, 1.82) is 0 Å². The van der Waals surface area contributed by atoms with E-state index in [0.29, 0.717) is 52.0 Å². The molecule has 8 rings (SSSR count). The van der Waals surface area contributed by atoms with Gasteiger partial charge >= 0.3 is 11.9 Å². The second-order valence-corrected chi connectivity index (χ2v) is 18.6. The Morgan fingerprint density at radius 1 is 0.627 bits per heavy atom. The maximum atomic E-state index is 12.4. The van der Waals surface area contributed by atoms with Gasteiger partial charge in [-0.2, -0.15) is 0 Å². The minimum absolute atomic E-state index is 0.0366. The van der Waals surface area contributed by atoms with Crippen LogP contribution in [0.5, 0.6) is 0 Å². The summed E-state index contributed by atoms with van der Waals surface area (Å²) < 4.78 is 32.6. The number of esters is 2. The number of hydrogen-bond acceptors (Lipinski definition) is 8. The van der Waals surface area contributed by atoms with Crippen molar-refractivity contribution in [2.45, 2.75) is 143 Å². The van der Waals surface area contributed by atoms with E-state index < -0.39 is 5.79 Å². The number of rotatable bonds is 13. The van der Waals surface area contributed by atoms with E-state index >= 15 is 0 Å². The Hall–Kier alpha value is -1.22. The summed E-state index contributed by atoms with van der Waals surface area (Å²) in [7, 11) is 0. The first kappa shape index (κ1) is 38.1. The Balaban J connectivity index is 0.000000159. The number of hydrogen-bond donors (Lipinski definition) is 0. The summed E-state index contributed by atoms with van der Waals surface area (Å²) >= 11 is 0. The van der Waals surface area contributed by atoms with Gasteiger partial charge in [-0.05, 0) is 142 Å². The maximum Gasteiger partial charge on any atom is 0.306 e. The van der Waals surface area contributed by atoms with Gasteiger partial charge in [-0.15, -0.1) is 0 Å². The molecule has 51 heavy (non-hydrogen) atoms. The van der Waals surface area contributed by atoms with Crippen LogP contribution < -0.4 is 0 Å². The van der Waals surface area contributed by atoms with Crippen LogP contribution in [0.2, 0.25) is 0 Å². The van der Waals surface area contributed by atoms with Crippen LogP contribution in [0.1, 0.15) is 125 Å². The molecule has 4 bridgehead atoms. The molecule has 0 N–H and O–H groups in total. The van der Waals surface area contributed by atoms with E-state index in [1.165, 1.54) is 64.2 Å². The number of carbonyl (C=O) groups is 2. The average molecular weight is 715 g/mol. The second kappa shape index (κ2) is 16.3. The Morgan fingerprint density at radius 2 is 1.18 bits per heavy atom. The van der Waals surface area contributed by atoms with Crippen LogP contribution in [-0.2, 0) is 38.0 Å². The molecule has 8 nitrogen and oxygen atoms in total. The number of fused-ring (bicyclic) bond motifs is 10. The zero-order chi connectivity index (χ0) is 35.9. The fraction of sp³-hybridized carbons (Fsp3) is 0.953. The molecule has 0 radical (unpaired) electrons. The first-order valence-electron chi connectivity index (χ1n) is 21.4. The predicted octanol–water partition coefficient (Wildman–Crippen LogP) is 8.44. The highest BCUT2D eigenvalue weighted by Crippen LogP contribution is 2.67. The van der Waals surface area contributed by atoms with Gasteiger partial charge in [0.2, 0.25) is 0 Å². The van der Waals surface area contributed by atoms with Crippen LogP contribution in [0.25, 0.3) is 0 Å². The molecule has 0 aromatic heterocycles. The topological polar surface area (TPSA) is 89.5 Å². The lowest BCUT2D eigenvalue weighted by Crippen LogP contribution is -2.32. The molecule has 0 aromatic carbocycles. The van der Waals surface area contributed by atoms with Gasteiger partial charge in [0.25, 0.3) is 0 Å². The summed E-state index contributed by atoms with van der Waals surface area (Å²) in [5.41, 5.74) is 0. The normalized spacial score (nSPS) is 45.5. The van der Waals surface area contributed by atoms with Crippen molar-refractivity contribution in [1.82, 2.24) is 0 Å². The summed E-state index contributed by atoms with van der Waals surface area (Å²) in [6, 6.07) is 0. The molecule has 2 aliphatic heterocycles. The summed E-state index contributed by atoms with van der Waals surface area (Å²) in [5, 5.41) is 0. The molecule has 2 heterocycles. The Morgan fingerprint density at radius 3 is 1.73 bits per heavy atom. The highest BCUT2D eigenvalue weighted by atomic mass is 16.7. The van der Waals surface area contributed by atoms with Gasteiger partial charge in [0, 0.05) is 12.8 Å².